The first-order valence-electron chi connectivity index (χ1n) is 7.04. The van der Waals surface area contributed by atoms with Gasteiger partial charge in [-0.05, 0) is 19.2 Å². The number of anilines is 1. The van der Waals surface area contributed by atoms with Crippen LogP contribution in [0.4, 0.5) is 5.95 Å². The molecular weight excluding hydrogens is 266 g/mol. The normalized spacial score (nSPS) is 15.7. The van der Waals surface area contributed by atoms with Crippen LogP contribution in [0.2, 0.25) is 0 Å². The summed E-state index contributed by atoms with van der Waals surface area (Å²) in [6.45, 7) is 3.01. The standard InChI is InChI=1S/C15H19N5O/c1-19-9-11(10-19)8-17-15-18-13(7-14(21)20(15)2)12-3-5-16-6-4-12/h3-7,11H,8-10H2,1-2H3,(H,17,18). The molecule has 6 nitrogen and oxygen atoms in total. The van der Waals surface area contributed by atoms with Crippen LogP contribution in [0.5, 0.6) is 0 Å². The summed E-state index contributed by atoms with van der Waals surface area (Å²) in [5, 5.41) is 3.30. The smallest absolute Gasteiger partial charge is 0.255 e. The molecule has 2 aromatic heterocycles. The lowest BCUT2D eigenvalue weighted by Crippen LogP contribution is -2.47. The molecule has 0 radical (unpaired) electrons. The van der Waals surface area contributed by atoms with Crippen molar-refractivity contribution in [2.75, 3.05) is 32.0 Å². The minimum absolute atomic E-state index is 0.0648. The number of likely N-dealkylation sites (tertiary alicyclic amines) is 1. The van der Waals surface area contributed by atoms with Crippen LogP contribution in [0.25, 0.3) is 11.3 Å². The second kappa shape index (κ2) is 5.65. The van der Waals surface area contributed by atoms with E-state index in [9.17, 15) is 4.79 Å². The zero-order chi connectivity index (χ0) is 14.8. The Hall–Kier alpha value is -2.21. The highest BCUT2D eigenvalue weighted by Gasteiger charge is 2.23. The molecule has 0 aromatic carbocycles. The molecule has 3 heterocycles. The van der Waals surface area contributed by atoms with Gasteiger partial charge in [-0.3, -0.25) is 14.3 Å². The first-order chi connectivity index (χ1) is 10.1. The van der Waals surface area contributed by atoms with Crippen molar-refractivity contribution in [3.8, 4) is 11.3 Å². The molecule has 21 heavy (non-hydrogen) atoms. The second-order valence-corrected chi connectivity index (χ2v) is 5.57. The number of hydrogen-bond donors (Lipinski definition) is 1. The van der Waals surface area contributed by atoms with Crippen molar-refractivity contribution in [2.45, 2.75) is 0 Å². The van der Waals surface area contributed by atoms with Crippen LogP contribution < -0.4 is 10.9 Å². The van der Waals surface area contributed by atoms with Crippen LogP contribution in [-0.4, -0.2) is 46.1 Å². The highest BCUT2D eigenvalue weighted by molar-refractivity contribution is 5.59. The average Bonchev–Trinajstić information content (AvgIpc) is 2.47. The van der Waals surface area contributed by atoms with Crippen molar-refractivity contribution in [1.82, 2.24) is 19.4 Å². The molecule has 0 atom stereocenters. The molecule has 0 saturated carbocycles. The van der Waals surface area contributed by atoms with Crippen molar-refractivity contribution in [3.05, 3.63) is 40.9 Å². The van der Waals surface area contributed by atoms with Gasteiger partial charge in [-0.2, -0.15) is 0 Å². The van der Waals surface area contributed by atoms with Crippen molar-refractivity contribution in [3.63, 3.8) is 0 Å². The molecule has 1 aliphatic rings. The second-order valence-electron chi connectivity index (χ2n) is 5.57. The first-order valence-corrected chi connectivity index (χ1v) is 7.04. The van der Waals surface area contributed by atoms with E-state index in [1.165, 1.54) is 0 Å². The highest BCUT2D eigenvalue weighted by atomic mass is 16.1. The Bertz CT molecular complexity index is 676. The Morgan fingerprint density at radius 2 is 2.00 bits per heavy atom. The van der Waals surface area contributed by atoms with Crippen LogP contribution in [0.15, 0.2) is 35.4 Å². The van der Waals surface area contributed by atoms with E-state index < -0.39 is 0 Å². The lowest BCUT2D eigenvalue weighted by Gasteiger charge is -2.36. The topological polar surface area (TPSA) is 63.0 Å². The number of pyridine rings is 1. The summed E-state index contributed by atoms with van der Waals surface area (Å²) >= 11 is 0. The predicted octanol–water partition coefficient (Wildman–Crippen LogP) is 0.816. The van der Waals surface area contributed by atoms with Crippen LogP contribution >= 0.6 is 0 Å². The number of nitrogens with one attached hydrogen (secondary N) is 1. The van der Waals surface area contributed by atoms with E-state index in [1.807, 2.05) is 12.1 Å². The van der Waals surface area contributed by atoms with Crippen molar-refractivity contribution >= 4 is 5.95 Å². The first kappa shape index (κ1) is 13.8. The lowest BCUT2D eigenvalue weighted by molar-refractivity contribution is 0.144. The van der Waals surface area contributed by atoms with E-state index in [2.05, 4.69) is 27.2 Å². The average molecular weight is 285 g/mol. The summed E-state index contributed by atoms with van der Waals surface area (Å²) in [5.41, 5.74) is 1.51. The summed E-state index contributed by atoms with van der Waals surface area (Å²) in [7, 11) is 3.84. The van der Waals surface area contributed by atoms with Gasteiger partial charge < -0.3 is 10.2 Å². The zero-order valence-electron chi connectivity index (χ0n) is 12.3. The van der Waals surface area contributed by atoms with Gasteiger partial charge in [-0.15, -0.1) is 0 Å². The van der Waals surface area contributed by atoms with E-state index in [1.54, 1.807) is 30.1 Å². The molecule has 1 saturated heterocycles. The van der Waals surface area contributed by atoms with E-state index in [0.717, 1.165) is 25.2 Å². The van der Waals surface area contributed by atoms with E-state index in [4.69, 9.17) is 0 Å². The van der Waals surface area contributed by atoms with Crippen molar-refractivity contribution in [2.24, 2.45) is 13.0 Å². The third-order valence-electron chi connectivity index (χ3n) is 3.80. The van der Waals surface area contributed by atoms with E-state index in [0.29, 0.717) is 17.6 Å². The highest BCUT2D eigenvalue weighted by Crippen LogP contribution is 2.17. The fourth-order valence-corrected chi connectivity index (χ4v) is 2.56. The fraction of sp³-hybridized carbons (Fsp3) is 0.400. The Kier molecular flexibility index (Phi) is 3.70. The fourth-order valence-electron chi connectivity index (χ4n) is 2.56. The van der Waals surface area contributed by atoms with E-state index >= 15 is 0 Å². The maximum atomic E-state index is 12.1. The molecule has 0 amide bonds. The maximum absolute atomic E-state index is 12.1. The quantitative estimate of drug-likeness (QED) is 0.901. The number of hydrogen-bond acceptors (Lipinski definition) is 5. The monoisotopic (exact) mass is 285 g/mol. The number of nitrogens with zero attached hydrogens (tertiary/aromatic N) is 4. The molecule has 1 fully saturated rings. The van der Waals surface area contributed by atoms with Gasteiger partial charge >= 0.3 is 0 Å². The summed E-state index contributed by atoms with van der Waals surface area (Å²) < 4.78 is 1.55. The lowest BCUT2D eigenvalue weighted by atomic mass is 10.0. The number of rotatable bonds is 4. The summed E-state index contributed by atoms with van der Waals surface area (Å²) in [4.78, 5) is 22.9. The molecule has 0 bridgehead atoms. The van der Waals surface area contributed by atoms with Gasteiger partial charge in [0.25, 0.3) is 5.56 Å². The van der Waals surface area contributed by atoms with E-state index in [-0.39, 0.29) is 5.56 Å². The maximum Gasteiger partial charge on any atom is 0.255 e. The van der Waals surface area contributed by atoms with Gasteiger partial charge in [-0.25, -0.2) is 4.98 Å². The molecular formula is C15H19N5O. The van der Waals surface area contributed by atoms with Crippen LogP contribution in [0.3, 0.4) is 0 Å². The molecule has 0 unspecified atom stereocenters. The predicted molar refractivity (Wildman–Crippen MR) is 82.2 cm³/mol. The van der Waals surface area contributed by atoms with Crippen LogP contribution in [0.1, 0.15) is 0 Å². The minimum Gasteiger partial charge on any atom is -0.355 e. The molecule has 1 N–H and O–H groups in total. The molecule has 2 aromatic rings. The Balaban J connectivity index is 1.82. The molecule has 110 valence electrons. The van der Waals surface area contributed by atoms with Gasteiger partial charge in [0.1, 0.15) is 0 Å². The third kappa shape index (κ3) is 2.95. The SMILES string of the molecule is CN1CC(CNc2nc(-c3ccncc3)cc(=O)n2C)C1. The molecule has 3 rings (SSSR count). The third-order valence-corrected chi connectivity index (χ3v) is 3.80. The van der Waals surface area contributed by atoms with Crippen LogP contribution in [0, 0.1) is 5.92 Å². The largest absolute Gasteiger partial charge is 0.355 e. The summed E-state index contributed by atoms with van der Waals surface area (Å²) in [6.07, 6.45) is 3.40. The van der Waals surface area contributed by atoms with Crippen molar-refractivity contribution < 1.29 is 0 Å². The molecule has 1 aliphatic heterocycles. The molecule has 0 aliphatic carbocycles. The van der Waals surface area contributed by atoms with Crippen LogP contribution in [-0.2, 0) is 7.05 Å². The van der Waals surface area contributed by atoms with Gasteiger partial charge in [0.15, 0.2) is 0 Å². The Morgan fingerprint density at radius 1 is 1.29 bits per heavy atom. The van der Waals surface area contributed by atoms with Gasteiger partial charge in [0.05, 0.1) is 5.69 Å². The van der Waals surface area contributed by atoms with Crippen molar-refractivity contribution in [1.29, 1.82) is 0 Å². The molecule has 6 heteroatoms. The van der Waals surface area contributed by atoms with Gasteiger partial charge in [0.2, 0.25) is 5.95 Å². The zero-order valence-corrected chi connectivity index (χ0v) is 12.3. The minimum atomic E-state index is -0.0648. The summed E-state index contributed by atoms with van der Waals surface area (Å²) in [6, 6.07) is 5.26. The molecule has 0 spiro atoms. The van der Waals surface area contributed by atoms with Gasteiger partial charge in [0, 0.05) is 56.6 Å². The summed E-state index contributed by atoms with van der Waals surface area (Å²) in [5.74, 6) is 1.24. The number of aromatic nitrogens is 3. The van der Waals surface area contributed by atoms with Gasteiger partial charge in [-0.1, -0.05) is 0 Å². The Labute approximate surface area is 123 Å². The Morgan fingerprint density at radius 3 is 2.67 bits per heavy atom.